The van der Waals surface area contributed by atoms with Crippen molar-refractivity contribution in [2.24, 2.45) is 5.73 Å². The Hall–Kier alpha value is -1.20. The first kappa shape index (κ1) is 14.2. The summed E-state index contributed by atoms with van der Waals surface area (Å²) in [6.45, 7) is 4.26. The third-order valence-corrected chi connectivity index (χ3v) is 4.07. The van der Waals surface area contributed by atoms with Gasteiger partial charge in [-0.25, -0.2) is 4.98 Å². The second kappa shape index (κ2) is 5.84. The first-order valence-corrected chi connectivity index (χ1v) is 7.08. The summed E-state index contributed by atoms with van der Waals surface area (Å²) in [5.74, 6) is 0.910. The fourth-order valence-electron chi connectivity index (χ4n) is 2.74. The number of piperidine rings is 1. The zero-order chi connectivity index (χ0) is 14.0. The lowest BCUT2D eigenvalue weighted by Crippen LogP contribution is -2.45. The maximum absolute atomic E-state index is 5.86. The molecule has 1 aliphatic rings. The topological polar surface area (TPSA) is 45.4 Å². The molecule has 104 valence electrons. The second-order valence-electron chi connectivity index (χ2n) is 5.36. The van der Waals surface area contributed by atoms with E-state index in [1.165, 1.54) is 19.4 Å². The molecule has 1 aliphatic heterocycles. The molecule has 2 heterocycles. The monoisotopic (exact) mass is 278 g/mol. The molecular weight excluding hydrogens is 256 g/mol. The van der Waals surface area contributed by atoms with Gasteiger partial charge >= 0.3 is 0 Å². The molecular formula is C14H22N4S. The van der Waals surface area contributed by atoms with Gasteiger partial charge in [0.25, 0.3) is 0 Å². The first-order valence-electron chi connectivity index (χ1n) is 6.67. The van der Waals surface area contributed by atoms with Crippen molar-refractivity contribution in [2.45, 2.75) is 25.8 Å². The molecule has 1 fully saturated rings. The third-order valence-electron chi connectivity index (χ3n) is 3.87. The Morgan fingerprint density at radius 3 is 2.95 bits per heavy atom. The Kier molecular flexibility index (Phi) is 4.37. The van der Waals surface area contributed by atoms with E-state index in [0.29, 0.717) is 11.0 Å². The van der Waals surface area contributed by atoms with E-state index in [2.05, 4.69) is 28.9 Å². The van der Waals surface area contributed by atoms with Crippen molar-refractivity contribution >= 4 is 23.0 Å². The summed E-state index contributed by atoms with van der Waals surface area (Å²) in [5.41, 5.74) is 7.87. The molecule has 0 radical (unpaired) electrons. The van der Waals surface area contributed by atoms with Crippen molar-refractivity contribution in [3.63, 3.8) is 0 Å². The molecule has 1 saturated heterocycles. The van der Waals surface area contributed by atoms with E-state index in [-0.39, 0.29) is 0 Å². The summed E-state index contributed by atoms with van der Waals surface area (Å²) < 4.78 is 0. The fourth-order valence-corrected chi connectivity index (χ4v) is 3.00. The number of rotatable bonds is 3. The van der Waals surface area contributed by atoms with Crippen LogP contribution in [-0.4, -0.2) is 48.1 Å². The highest BCUT2D eigenvalue weighted by Gasteiger charge is 2.24. The van der Waals surface area contributed by atoms with Gasteiger partial charge in [0, 0.05) is 25.8 Å². The number of aryl methyl sites for hydroxylation is 1. The van der Waals surface area contributed by atoms with E-state index in [1.807, 2.05) is 19.2 Å². The molecule has 0 bridgehead atoms. The molecule has 0 saturated carbocycles. The van der Waals surface area contributed by atoms with Crippen LogP contribution in [0, 0.1) is 6.92 Å². The van der Waals surface area contributed by atoms with E-state index < -0.39 is 0 Å². The van der Waals surface area contributed by atoms with Crippen LogP contribution in [0.1, 0.15) is 24.0 Å². The maximum Gasteiger partial charge on any atom is 0.139 e. The van der Waals surface area contributed by atoms with E-state index >= 15 is 0 Å². The number of aromatic nitrogens is 1. The highest BCUT2D eigenvalue weighted by molar-refractivity contribution is 7.80. The van der Waals surface area contributed by atoms with Crippen LogP contribution in [0.3, 0.4) is 0 Å². The molecule has 0 aliphatic carbocycles. The smallest absolute Gasteiger partial charge is 0.139 e. The summed E-state index contributed by atoms with van der Waals surface area (Å²) >= 11 is 5.18. The van der Waals surface area contributed by atoms with Crippen LogP contribution in [0.25, 0.3) is 0 Å². The van der Waals surface area contributed by atoms with Crippen LogP contribution >= 0.6 is 12.2 Å². The minimum atomic E-state index is 0.427. The summed E-state index contributed by atoms with van der Waals surface area (Å²) in [4.78, 5) is 9.52. The van der Waals surface area contributed by atoms with Crippen molar-refractivity contribution < 1.29 is 0 Å². The number of nitrogens with zero attached hydrogens (tertiary/aromatic N) is 3. The Balaban J connectivity index is 2.30. The van der Waals surface area contributed by atoms with Crippen LogP contribution < -0.4 is 10.6 Å². The van der Waals surface area contributed by atoms with E-state index in [4.69, 9.17) is 18.0 Å². The van der Waals surface area contributed by atoms with Crippen molar-refractivity contribution in [1.82, 2.24) is 9.88 Å². The molecule has 1 unspecified atom stereocenters. The maximum atomic E-state index is 5.86. The number of thiocarbonyl (C=S) groups is 1. The molecule has 2 N–H and O–H groups in total. The number of hydrogen-bond donors (Lipinski definition) is 1. The number of anilines is 1. The number of hydrogen-bond acceptors (Lipinski definition) is 4. The lowest BCUT2D eigenvalue weighted by atomic mass is 10.0. The average molecular weight is 278 g/mol. The second-order valence-corrected chi connectivity index (χ2v) is 5.80. The normalized spacial score (nSPS) is 20.3. The first-order chi connectivity index (χ1) is 9.00. The van der Waals surface area contributed by atoms with Gasteiger partial charge in [0.05, 0.1) is 5.56 Å². The van der Waals surface area contributed by atoms with Gasteiger partial charge < -0.3 is 15.5 Å². The van der Waals surface area contributed by atoms with Crippen molar-refractivity contribution in [1.29, 1.82) is 0 Å². The lowest BCUT2D eigenvalue weighted by Gasteiger charge is -2.37. The lowest BCUT2D eigenvalue weighted by molar-refractivity contribution is 0.247. The predicted molar refractivity (Wildman–Crippen MR) is 83.8 cm³/mol. The molecule has 0 amide bonds. The van der Waals surface area contributed by atoms with E-state index in [9.17, 15) is 0 Å². The van der Waals surface area contributed by atoms with Crippen LogP contribution in [0.5, 0.6) is 0 Å². The molecule has 4 nitrogen and oxygen atoms in total. The van der Waals surface area contributed by atoms with Crippen molar-refractivity contribution in [2.75, 3.05) is 32.1 Å². The van der Waals surface area contributed by atoms with E-state index in [0.717, 1.165) is 23.5 Å². The van der Waals surface area contributed by atoms with Crippen LogP contribution in [0.15, 0.2) is 12.3 Å². The summed E-state index contributed by atoms with van der Waals surface area (Å²) in [5, 5.41) is 0. The van der Waals surface area contributed by atoms with Crippen LogP contribution in [0.2, 0.25) is 0 Å². The van der Waals surface area contributed by atoms with Crippen molar-refractivity contribution in [3.8, 4) is 0 Å². The quantitative estimate of drug-likeness (QED) is 0.850. The molecule has 1 aromatic heterocycles. The highest BCUT2D eigenvalue weighted by atomic mass is 32.1. The SMILES string of the molecule is Cc1ccnc(N(C)C2CCCN(C)C2)c1C(N)=S. The summed E-state index contributed by atoms with van der Waals surface area (Å²) in [6.07, 6.45) is 4.24. The largest absolute Gasteiger partial charge is 0.389 e. The zero-order valence-electron chi connectivity index (χ0n) is 11.9. The van der Waals surface area contributed by atoms with Crippen molar-refractivity contribution in [3.05, 3.63) is 23.4 Å². The van der Waals surface area contributed by atoms with Gasteiger partial charge in [0.15, 0.2) is 0 Å². The minimum absolute atomic E-state index is 0.427. The summed E-state index contributed by atoms with van der Waals surface area (Å²) in [7, 11) is 4.26. The van der Waals surface area contributed by atoms with Gasteiger partial charge in [-0.3, -0.25) is 0 Å². The standard InChI is InChI=1S/C14H22N4S/c1-10-6-7-16-14(12(10)13(15)19)18(3)11-5-4-8-17(2)9-11/h6-7,11H,4-5,8-9H2,1-3H3,(H2,15,19). The van der Waals surface area contributed by atoms with Gasteiger partial charge in [-0.05, 0) is 45.0 Å². The van der Waals surface area contributed by atoms with E-state index in [1.54, 1.807) is 0 Å². The molecule has 5 heteroatoms. The van der Waals surface area contributed by atoms with Crippen LogP contribution in [0.4, 0.5) is 5.82 Å². The van der Waals surface area contributed by atoms with Gasteiger partial charge in [-0.2, -0.15) is 0 Å². The Morgan fingerprint density at radius 1 is 1.58 bits per heavy atom. The highest BCUT2D eigenvalue weighted by Crippen LogP contribution is 2.24. The van der Waals surface area contributed by atoms with Crippen LogP contribution in [-0.2, 0) is 0 Å². The third kappa shape index (κ3) is 3.04. The number of likely N-dealkylation sites (tertiary alicyclic amines) is 1. The molecule has 0 spiro atoms. The Labute approximate surface area is 120 Å². The number of nitrogens with two attached hydrogens (primary N) is 1. The van der Waals surface area contributed by atoms with Gasteiger partial charge in [0.1, 0.15) is 10.8 Å². The zero-order valence-corrected chi connectivity index (χ0v) is 12.7. The minimum Gasteiger partial charge on any atom is -0.389 e. The summed E-state index contributed by atoms with van der Waals surface area (Å²) in [6, 6.07) is 2.43. The fraction of sp³-hybridized carbons (Fsp3) is 0.571. The molecule has 2 rings (SSSR count). The average Bonchev–Trinajstić information content (AvgIpc) is 2.37. The Morgan fingerprint density at radius 2 is 2.32 bits per heavy atom. The number of likely N-dealkylation sites (N-methyl/N-ethyl adjacent to an activating group) is 2. The predicted octanol–water partition coefficient (Wildman–Crippen LogP) is 1.55. The van der Waals surface area contributed by atoms with Gasteiger partial charge in [-0.1, -0.05) is 12.2 Å². The number of pyridine rings is 1. The van der Waals surface area contributed by atoms with Gasteiger partial charge in [-0.15, -0.1) is 0 Å². The molecule has 1 atom stereocenters. The molecule has 1 aromatic rings. The molecule has 0 aromatic carbocycles. The van der Waals surface area contributed by atoms with Gasteiger partial charge in [0.2, 0.25) is 0 Å². The Bertz CT molecular complexity index is 475. The molecule has 19 heavy (non-hydrogen) atoms.